The van der Waals surface area contributed by atoms with Gasteiger partial charge in [0.2, 0.25) is 5.91 Å². The molecule has 1 heterocycles. The molecule has 0 radical (unpaired) electrons. The van der Waals surface area contributed by atoms with Crippen molar-refractivity contribution in [3.63, 3.8) is 0 Å². The lowest BCUT2D eigenvalue weighted by Gasteiger charge is -2.20. The van der Waals surface area contributed by atoms with Gasteiger partial charge in [0.25, 0.3) is 0 Å². The van der Waals surface area contributed by atoms with Gasteiger partial charge in [-0.15, -0.1) is 0 Å². The summed E-state index contributed by atoms with van der Waals surface area (Å²) < 4.78 is 13.4. The van der Waals surface area contributed by atoms with Crippen LogP contribution in [0.2, 0.25) is 0 Å². The second-order valence-corrected chi connectivity index (χ2v) is 6.85. The summed E-state index contributed by atoms with van der Waals surface area (Å²) in [6.07, 6.45) is 0.915. The van der Waals surface area contributed by atoms with Crippen LogP contribution in [0.25, 0.3) is 0 Å². The quantitative estimate of drug-likeness (QED) is 0.635. The van der Waals surface area contributed by atoms with E-state index in [4.69, 9.17) is 0 Å². The molecule has 2 rings (SSSR count). The fraction of sp³-hybridized carbons (Fsp3) is 0.579. The SMILES string of the molecule is CCNC(=NCc1ccc(F)c(C)c1)NC1CCN(C(=O)C(C)C)C1. The maximum Gasteiger partial charge on any atom is 0.225 e. The first-order valence-electron chi connectivity index (χ1n) is 8.99. The van der Waals surface area contributed by atoms with Crippen molar-refractivity contribution in [2.24, 2.45) is 10.9 Å². The smallest absolute Gasteiger partial charge is 0.225 e. The van der Waals surface area contributed by atoms with Crippen molar-refractivity contribution in [1.82, 2.24) is 15.5 Å². The zero-order valence-corrected chi connectivity index (χ0v) is 15.6. The minimum atomic E-state index is -0.196. The Balaban J connectivity index is 1.96. The summed E-state index contributed by atoms with van der Waals surface area (Å²) in [6, 6.07) is 5.26. The van der Waals surface area contributed by atoms with Crippen molar-refractivity contribution in [1.29, 1.82) is 0 Å². The molecule has 138 valence electrons. The number of amides is 1. The minimum absolute atomic E-state index is 0.0300. The molecule has 0 saturated carbocycles. The molecule has 25 heavy (non-hydrogen) atoms. The molecule has 6 heteroatoms. The number of nitrogens with one attached hydrogen (secondary N) is 2. The van der Waals surface area contributed by atoms with Crippen LogP contribution in [0.3, 0.4) is 0 Å². The molecule has 0 spiro atoms. The summed E-state index contributed by atoms with van der Waals surface area (Å²) >= 11 is 0. The lowest BCUT2D eigenvalue weighted by molar-refractivity contribution is -0.133. The summed E-state index contributed by atoms with van der Waals surface area (Å²) in [4.78, 5) is 18.6. The van der Waals surface area contributed by atoms with Gasteiger partial charge < -0.3 is 15.5 Å². The van der Waals surface area contributed by atoms with E-state index in [1.807, 2.05) is 31.7 Å². The highest BCUT2D eigenvalue weighted by Crippen LogP contribution is 2.13. The zero-order valence-electron chi connectivity index (χ0n) is 15.6. The first-order chi connectivity index (χ1) is 11.9. The van der Waals surface area contributed by atoms with E-state index in [0.717, 1.165) is 31.0 Å². The molecule has 1 aliphatic rings. The van der Waals surface area contributed by atoms with Crippen molar-refractivity contribution >= 4 is 11.9 Å². The van der Waals surface area contributed by atoms with Crippen LogP contribution in [0, 0.1) is 18.7 Å². The second-order valence-electron chi connectivity index (χ2n) is 6.85. The van der Waals surface area contributed by atoms with Crippen molar-refractivity contribution in [2.75, 3.05) is 19.6 Å². The van der Waals surface area contributed by atoms with Crippen LogP contribution >= 0.6 is 0 Å². The van der Waals surface area contributed by atoms with Gasteiger partial charge in [0, 0.05) is 31.6 Å². The van der Waals surface area contributed by atoms with Crippen molar-refractivity contribution in [3.05, 3.63) is 35.1 Å². The maximum atomic E-state index is 13.4. The highest BCUT2D eigenvalue weighted by Gasteiger charge is 2.27. The summed E-state index contributed by atoms with van der Waals surface area (Å²) in [5, 5.41) is 6.64. The van der Waals surface area contributed by atoms with Crippen molar-refractivity contribution < 1.29 is 9.18 Å². The molecule has 1 atom stereocenters. The van der Waals surface area contributed by atoms with Crippen molar-refractivity contribution in [2.45, 2.75) is 46.7 Å². The molecule has 1 saturated heterocycles. The van der Waals surface area contributed by atoms with Crippen LogP contribution in [0.5, 0.6) is 0 Å². The number of hydrogen-bond donors (Lipinski definition) is 2. The van der Waals surface area contributed by atoms with E-state index in [-0.39, 0.29) is 23.7 Å². The summed E-state index contributed by atoms with van der Waals surface area (Å²) in [7, 11) is 0. The predicted molar refractivity (Wildman–Crippen MR) is 98.9 cm³/mol. The Bertz CT molecular complexity index is 630. The van der Waals surface area contributed by atoms with Gasteiger partial charge in [-0.1, -0.05) is 26.0 Å². The lowest BCUT2D eigenvalue weighted by Crippen LogP contribution is -2.45. The Morgan fingerprint density at radius 3 is 2.84 bits per heavy atom. The van der Waals surface area contributed by atoms with E-state index in [9.17, 15) is 9.18 Å². The molecule has 5 nitrogen and oxygen atoms in total. The summed E-state index contributed by atoms with van der Waals surface area (Å²) in [5.74, 6) is 0.766. The number of nitrogens with zero attached hydrogens (tertiary/aromatic N) is 2. The van der Waals surface area contributed by atoms with E-state index < -0.39 is 0 Å². The molecule has 1 fully saturated rings. The monoisotopic (exact) mass is 348 g/mol. The first-order valence-corrected chi connectivity index (χ1v) is 8.99. The van der Waals surface area contributed by atoms with Gasteiger partial charge in [0.15, 0.2) is 5.96 Å². The molecule has 0 aromatic heterocycles. The molecule has 1 aromatic carbocycles. The molecule has 2 N–H and O–H groups in total. The van der Waals surface area contributed by atoms with E-state index >= 15 is 0 Å². The van der Waals surface area contributed by atoms with Crippen LogP contribution < -0.4 is 10.6 Å². The van der Waals surface area contributed by atoms with Crippen LogP contribution in [0.15, 0.2) is 23.2 Å². The number of aryl methyl sites for hydroxylation is 1. The van der Waals surface area contributed by atoms with Crippen molar-refractivity contribution in [3.8, 4) is 0 Å². The molecule has 1 aliphatic heterocycles. The second kappa shape index (κ2) is 8.83. The zero-order chi connectivity index (χ0) is 18.4. The largest absolute Gasteiger partial charge is 0.357 e. The Labute approximate surface area is 149 Å². The number of rotatable bonds is 5. The molecule has 0 aliphatic carbocycles. The Morgan fingerprint density at radius 2 is 2.20 bits per heavy atom. The van der Waals surface area contributed by atoms with Gasteiger partial charge in [0.1, 0.15) is 5.82 Å². The average molecular weight is 348 g/mol. The molecule has 1 amide bonds. The number of carbonyl (C=O) groups is 1. The predicted octanol–water partition coefficient (Wildman–Crippen LogP) is 2.45. The minimum Gasteiger partial charge on any atom is -0.357 e. The molecule has 0 bridgehead atoms. The number of guanidine groups is 1. The van der Waals surface area contributed by atoms with Crippen LogP contribution in [0.4, 0.5) is 4.39 Å². The Morgan fingerprint density at radius 1 is 1.44 bits per heavy atom. The van der Waals surface area contributed by atoms with E-state index in [1.165, 1.54) is 6.07 Å². The van der Waals surface area contributed by atoms with E-state index in [2.05, 4.69) is 15.6 Å². The number of hydrogen-bond acceptors (Lipinski definition) is 2. The lowest BCUT2D eigenvalue weighted by atomic mass is 10.1. The molecular weight excluding hydrogens is 319 g/mol. The standard InChI is InChI=1S/C19H29FN4O/c1-5-21-19(22-11-15-6-7-17(20)14(4)10-15)23-16-8-9-24(12-16)18(25)13(2)3/h6-7,10,13,16H,5,8-9,11-12H2,1-4H3,(H2,21,22,23). The fourth-order valence-corrected chi connectivity index (χ4v) is 2.93. The summed E-state index contributed by atoms with van der Waals surface area (Å²) in [6.45, 7) is 10.4. The van der Waals surface area contributed by atoms with Gasteiger partial charge in [-0.05, 0) is 37.5 Å². The first kappa shape index (κ1) is 19.2. The van der Waals surface area contributed by atoms with E-state index in [1.54, 1.807) is 13.0 Å². The average Bonchev–Trinajstić information content (AvgIpc) is 3.03. The number of benzene rings is 1. The highest BCUT2D eigenvalue weighted by molar-refractivity contribution is 5.81. The number of carbonyl (C=O) groups excluding carboxylic acids is 1. The molecule has 1 aromatic rings. The third kappa shape index (κ3) is 5.44. The molecular formula is C19H29FN4O. The van der Waals surface area contributed by atoms with Gasteiger partial charge in [0.05, 0.1) is 6.54 Å². The Kier molecular flexibility index (Phi) is 6.79. The van der Waals surface area contributed by atoms with Gasteiger partial charge in [-0.25, -0.2) is 9.38 Å². The summed E-state index contributed by atoms with van der Waals surface area (Å²) in [5.41, 5.74) is 1.60. The number of halogens is 1. The topological polar surface area (TPSA) is 56.7 Å². The van der Waals surface area contributed by atoms with E-state index in [0.29, 0.717) is 18.7 Å². The van der Waals surface area contributed by atoms with Gasteiger partial charge >= 0.3 is 0 Å². The third-order valence-electron chi connectivity index (χ3n) is 4.32. The normalized spacial score (nSPS) is 17.9. The maximum absolute atomic E-state index is 13.4. The number of likely N-dealkylation sites (tertiary alicyclic amines) is 1. The number of aliphatic imine (C=N–C) groups is 1. The van der Waals surface area contributed by atoms with Crippen LogP contribution in [-0.2, 0) is 11.3 Å². The van der Waals surface area contributed by atoms with Crippen LogP contribution in [-0.4, -0.2) is 42.4 Å². The fourth-order valence-electron chi connectivity index (χ4n) is 2.93. The highest BCUT2D eigenvalue weighted by atomic mass is 19.1. The van der Waals surface area contributed by atoms with Gasteiger partial charge in [-0.3, -0.25) is 4.79 Å². The Hall–Kier alpha value is -2.11. The van der Waals surface area contributed by atoms with Crippen LogP contribution in [0.1, 0.15) is 38.3 Å². The van der Waals surface area contributed by atoms with Gasteiger partial charge in [-0.2, -0.15) is 0 Å². The third-order valence-corrected chi connectivity index (χ3v) is 4.32. The molecule has 1 unspecified atom stereocenters.